The molecule has 0 aromatic rings. The maximum absolute atomic E-state index is 10.9. The Labute approximate surface area is 65.1 Å². The summed E-state index contributed by atoms with van der Waals surface area (Å²) < 4.78 is 0. The van der Waals surface area contributed by atoms with Gasteiger partial charge in [-0.15, -0.1) is 0 Å². The van der Waals surface area contributed by atoms with E-state index in [0.717, 1.165) is 31.3 Å². The van der Waals surface area contributed by atoms with Gasteiger partial charge in [-0.25, -0.2) is 0 Å². The number of hydrogen-bond acceptors (Lipinski definition) is 2. The van der Waals surface area contributed by atoms with Gasteiger partial charge in [-0.2, -0.15) is 0 Å². The van der Waals surface area contributed by atoms with Gasteiger partial charge in [-0.05, 0) is 24.8 Å². The van der Waals surface area contributed by atoms with Crippen molar-refractivity contribution in [3.63, 3.8) is 0 Å². The van der Waals surface area contributed by atoms with E-state index >= 15 is 0 Å². The van der Waals surface area contributed by atoms with Gasteiger partial charge >= 0.3 is 0 Å². The second kappa shape index (κ2) is 2.26. The smallest absolute Gasteiger partial charge is 0.286 e. The largest absolute Gasteiger partial charge is 0.503 e. The van der Waals surface area contributed by atoms with Crippen molar-refractivity contribution in [3.8, 4) is 0 Å². The summed E-state index contributed by atoms with van der Waals surface area (Å²) in [5, 5.41) is 12.0. The van der Waals surface area contributed by atoms with Crippen molar-refractivity contribution >= 4 is 5.91 Å². The fourth-order valence-corrected chi connectivity index (χ4v) is 1.83. The Balaban J connectivity index is 2.28. The van der Waals surface area contributed by atoms with Crippen LogP contribution < -0.4 is 5.32 Å². The Kier molecular flexibility index (Phi) is 1.37. The molecule has 2 aliphatic rings. The van der Waals surface area contributed by atoms with Gasteiger partial charge in [0.25, 0.3) is 5.91 Å². The van der Waals surface area contributed by atoms with E-state index in [1.54, 1.807) is 0 Å². The monoisotopic (exact) mass is 153 g/mol. The summed E-state index contributed by atoms with van der Waals surface area (Å²) in [6.07, 6.45) is 4.13. The lowest BCUT2D eigenvalue weighted by Crippen LogP contribution is -2.30. The van der Waals surface area contributed by atoms with E-state index in [2.05, 4.69) is 5.32 Å². The van der Waals surface area contributed by atoms with Crippen molar-refractivity contribution < 1.29 is 9.90 Å². The van der Waals surface area contributed by atoms with Crippen LogP contribution in [0.2, 0.25) is 0 Å². The van der Waals surface area contributed by atoms with E-state index in [9.17, 15) is 9.90 Å². The summed E-state index contributed by atoms with van der Waals surface area (Å²) in [7, 11) is 0. The van der Waals surface area contributed by atoms with Crippen LogP contribution in [0.4, 0.5) is 0 Å². The third kappa shape index (κ3) is 0.914. The van der Waals surface area contributed by atoms with E-state index in [1.807, 2.05) is 0 Å². The molecule has 1 aliphatic heterocycles. The molecule has 3 heteroatoms. The molecule has 60 valence electrons. The summed E-state index contributed by atoms with van der Waals surface area (Å²) in [6.45, 7) is 0. The lowest BCUT2D eigenvalue weighted by Gasteiger charge is -2.19. The first kappa shape index (κ1) is 6.70. The summed E-state index contributed by atoms with van der Waals surface area (Å²) in [4.78, 5) is 10.9. The van der Waals surface area contributed by atoms with Crippen LogP contribution in [-0.2, 0) is 4.79 Å². The Morgan fingerprint density at radius 3 is 3.00 bits per heavy atom. The van der Waals surface area contributed by atoms with Crippen LogP contribution in [0.3, 0.4) is 0 Å². The molecule has 0 spiro atoms. The average Bonchev–Trinajstić information content (AvgIpc) is 2.30. The minimum atomic E-state index is -0.285. The number of carbonyl (C=O) groups is 1. The van der Waals surface area contributed by atoms with Crippen LogP contribution in [0.15, 0.2) is 11.3 Å². The highest BCUT2D eigenvalue weighted by atomic mass is 16.3. The van der Waals surface area contributed by atoms with Crippen molar-refractivity contribution in [1.82, 2.24) is 5.32 Å². The van der Waals surface area contributed by atoms with Gasteiger partial charge in [0, 0.05) is 0 Å². The maximum Gasteiger partial charge on any atom is 0.286 e. The van der Waals surface area contributed by atoms with Gasteiger partial charge in [0.05, 0.1) is 6.04 Å². The molecule has 1 saturated carbocycles. The average molecular weight is 153 g/mol. The summed E-state index contributed by atoms with van der Waals surface area (Å²) >= 11 is 0. The molecule has 0 unspecified atom stereocenters. The molecule has 0 aromatic carbocycles. The third-order valence-corrected chi connectivity index (χ3v) is 2.43. The van der Waals surface area contributed by atoms with Crippen LogP contribution in [-0.4, -0.2) is 17.1 Å². The number of carbonyl (C=O) groups excluding carboxylic acids is 1. The highest BCUT2D eigenvalue weighted by Crippen LogP contribution is 2.29. The molecular formula is C8H11NO2. The van der Waals surface area contributed by atoms with Crippen molar-refractivity contribution in [3.05, 3.63) is 11.3 Å². The molecule has 0 saturated heterocycles. The van der Waals surface area contributed by atoms with Gasteiger partial charge < -0.3 is 10.4 Å². The van der Waals surface area contributed by atoms with Crippen molar-refractivity contribution in [2.45, 2.75) is 31.7 Å². The molecule has 1 atom stereocenters. The fraction of sp³-hybridized carbons (Fsp3) is 0.625. The Morgan fingerprint density at radius 1 is 1.45 bits per heavy atom. The highest BCUT2D eigenvalue weighted by Gasteiger charge is 2.32. The number of rotatable bonds is 0. The SMILES string of the molecule is O=C1N[C@@H]2CCCCC2=C1O. The maximum atomic E-state index is 10.9. The lowest BCUT2D eigenvalue weighted by molar-refractivity contribution is -0.119. The molecule has 1 amide bonds. The summed E-state index contributed by atoms with van der Waals surface area (Å²) in [5.74, 6) is -0.304. The first-order valence-corrected chi connectivity index (χ1v) is 4.02. The molecule has 1 heterocycles. The number of nitrogens with one attached hydrogen (secondary N) is 1. The van der Waals surface area contributed by atoms with E-state index in [0.29, 0.717) is 0 Å². The minimum absolute atomic E-state index is 0.0188. The number of aliphatic hydroxyl groups excluding tert-OH is 1. The minimum Gasteiger partial charge on any atom is -0.503 e. The van der Waals surface area contributed by atoms with Crippen molar-refractivity contribution in [2.75, 3.05) is 0 Å². The molecule has 1 fully saturated rings. The van der Waals surface area contributed by atoms with Gasteiger partial charge in [0.1, 0.15) is 0 Å². The van der Waals surface area contributed by atoms with Crippen LogP contribution in [0, 0.1) is 0 Å². The predicted octanol–water partition coefficient (Wildman–Crippen LogP) is 0.871. The first-order chi connectivity index (χ1) is 5.29. The second-order valence-corrected chi connectivity index (χ2v) is 3.15. The van der Waals surface area contributed by atoms with Gasteiger partial charge in [-0.1, -0.05) is 6.42 Å². The zero-order valence-electron chi connectivity index (χ0n) is 6.26. The normalized spacial score (nSPS) is 30.2. The highest BCUT2D eigenvalue weighted by molar-refractivity contribution is 5.95. The van der Waals surface area contributed by atoms with Crippen LogP contribution in [0.5, 0.6) is 0 Å². The molecule has 0 radical (unpaired) electrons. The van der Waals surface area contributed by atoms with Crippen molar-refractivity contribution in [1.29, 1.82) is 0 Å². The third-order valence-electron chi connectivity index (χ3n) is 2.43. The van der Waals surface area contributed by atoms with E-state index in [-0.39, 0.29) is 17.7 Å². The standard InChI is InChI=1S/C8H11NO2/c10-7-5-3-1-2-4-6(5)9-8(7)11/h6,10H,1-4H2,(H,9,11)/t6-/m1/s1. The van der Waals surface area contributed by atoms with Gasteiger partial charge in [-0.3, -0.25) is 4.79 Å². The van der Waals surface area contributed by atoms with E-state index in [4.69, 9.17) is 0 Å². The molecule has 1 aliphatic carbocycles. The molecule has 2 rings (SSSR count). The van der Waals surface area contributed by atoms with Gasteiger partial charge in [0.2, 0.25) is 0 Å². The van der Waals surface area contributed by atoms with E-state index < -0.39 is 0 Å². The zero-order chi connectivity index (χ0) is 7.84. The van der Waals surface area contributed by atoms with Crippen molar-refractivity contribution in [2.24, 2.45) is 0 Å². The molecule has 11 heavy (non-hydrogen) atoms. The van der Waals surface area contributed by atoms with Gasteiger partial charge in [0.15, 0.2) is 5.76 Å². The molecular weight excluding hydrogens is 142 g/mol. The quantitative estimate of drug-likeness (QED) is 0.542. The number of fused-ring (bicyclic) bond motifs is 1. The number of hydrogen-bond donors (Lipinski definition) is 2. The number of amides is 1. The first-order valence-electron chi connectivity index (χ1n) is 4.02. The molecule has 3 nitrogen and oxygen atoms in total. The lowest BCUT2D eigenvalue weighted by atomic mass is 9.91. The number of aliphatic hydroxyl groups is 1. The predicted molar refractivity (Wildman–Crippen MR) is 40.1 cm³/mol. The topological polar surface area (TPSA) is 49.3 Å². The molecule has 0 bridgehead atoms. The van der Waals surface area contributed by atoms with E-state index in [1.165, 1.54) is 0 Å². The van der Waals surface area contributed by atoms with Crippen LogP contribution in [0.25, 0.3) is 0 Å². The second-order valence-electron chi connectivity index (χ2n) is 3.15. The Bertz CT molecular complexity index is 232. The van der Waals surface area contributed by atoms with Crippen LogP contribution >= 0.6 is 0 Å². The Morgan fingerprint density at radius 2 is 2.27 bits per heavy atom. The fourth-order valence-electron chi connectivity index (χ4n) is 1.83. The molecule has 2 N–H and O–H groups in total. The summed E-state index contributed by atoms with van der Waals surface area (Å²) in [5.41, 5.74) is 0.932. The summed E-state index contributed by atoms with van der Waals surface area (Å²) in [6, 6.07) is 0.149. The Hall–Kier alpha value is -0.990. The zero-order valence-corrected chi connectivity index (χ0v) is 6.26. The molecule has 0 aromatic heterocycles. The van der Waals surface area contributed by atoms with Crippen LogP contribution in [0.1, 0.15) is 25.7 Å².